The van der Waals surface area contributed by atoms with E-state index in [9.17, 15) is 0 Å². The highest BCUT2D eigenvalue weighted by molar-refractivity contribution is 5.99. The molecule has 0 atom stereocenters. The maximum atomic E-state index is 7.56. The van der Waals surface area contributed by atoms with E-state index in [1.54, 1.807) is 0 Å². The van der Waals surface area contributed by atoms with Gasteiger partial charge in [0.05, 0.1) is 5.84 Å². The van der Waals surface area contributed by atoms with Crippen molar-refractivity contribution in [2.75, 3.05) is 0 Å². The number of nitrogens with two attached hydrogens (primary N) is 1. The second-order valence-corrected chi connectivity index (χ2v) is 3.64. The molecular formula is C12H17N3. The zero-order chi connectivity index (χ0) is 11.1. The Morgan fingerprint density at radius 2 is 1.80 bits per heavy atom. The van der Waals surface area contributed by atoms with E-state index in [2.05, 4.69) is 12.1 Å². The van der Waals surface area contributed by atoms with E-state index in [1.165, 1.54) is 5.56 Å². The molecule has 0 unspecified atom stereocenters. The van der Waals surface area contributed by atoms with Gasteiger partial charge >= 0.3 is 0 Å². The first-order valence-corrected chi connectivity index (χ1v) is 5.11. The predicted octanol–water partition coefficient (Wildman–Crippen LogP) is 2.36. The summed E-state index contributed by atoms with van der Waals surface area (Å²) >= 11 is 0. The molecule has 0 aliphatic heterocycles. The first kappa shape index (κ1) is 11.4. The summed E-state index contributed by atoms with van der Waals surface area (Å²) in [7, 11) is 0. The summed E-state index contributed by atoms with van der Waals surface area (Å²) in [5, 5.41) is 14.6. The molecule has 0 heterocycles. The van der Waals surface area contributed by atoms with Gasteiger partial charge in [0, 0.05) is 12.1 Å². The molecule has 0 aromatic heterocycles. The Hall–Kier alpha value is -1.64. The van der Waals surface area contributed by atoms with Crippen LogP contribution in [0.4, 0.5) is 0 Å². The third kappa shape index (κ3) is 4.96. The van der Waals surface area contributed by atoms with Crippen LogP contribution in [0.15, 0.2) is 30.3 Å². The average molecular weight is 203 g/mol. The third-order valence-electron chi connectivity index (χ3n) is 2.19. The lowest BCUT2D eigenvalue weighted by molar-refractivity contribution is 0.856. The fraction of sp³-hybridized carbons (Fsp3) is 0.333. The van der Waals surface area contributed by atoms with Crippen LogP contribution in [0, 0.1) is 10.8 Å². The summed E-state index contributed by atoms with van der Waals surface area (Å²) in [5.41, 5.74) is 7.07. The van der Waals surface area contributed by atoms with Crippen molar-refractivity contribution < 1.29 is 0 Å². The Labute approximate surface area is 90.3 Å². The molecule has 0 aliphatic rings. The molecular weight excluding hydrogens is 186 g/mol. The van der Waals surface area contributed by atoms with Gasteiger partial charge in [0.25, 0.3) is 0 Å². The maximum absolute atomic E-state index is 7.56. The van der Waals surface area contributed by atoms with Gasteiger partial charge in [-0.15, -0.1) is 0 Å². The normalized spacial score (nSPS) is 9.87. The zero-order valence-electron chi connectivity index (χ0n) is 8.79. The number of rotatable bonds is 6. The first-order chi connectivity index (χ1) is 7.18. The van der Waals surface area contributed by atoms with Crippen LogP contribution < -0.4 is 5.73 Å². The second kappa shape index (κ2) is 5.96. The SMILES string of the molecule is N=C(N)CC(=N)CCCc1ccccc1. The maximum Gasteiger partial charge on any atom is 0.0962 e. The molecule has 0 radical (unpaired) electrons. The van der Waals surface area contributed by atoms with Gasteiger partial charge in [-0.2, -0.15) is 0 Å². The van der Waals surface area contributed by atoms with E-state index in [0.29, 0.717) is 12.1 Å². The van der Waals surface area contributed by atoms with Crippen LogP contribution in [0.1, 0.15) is 24.8 Å². The van der Waals surface area contributed by atoms with Crippen LogP contribution in [0.2, 0.25) is 0 Å². The number of amidine groups is 1. The molecule has 4 N–H and O–H groups in total. The minimum Gasteiger partial charge on any atom is -0.387 e. The number of hydrogen-bond acceptors (Lipinski definition) is 2. The number of hydrogen-bond donors (Lipinski definition) is 3. The van der Waals surface area contributed by atoms with Crippen molar-refractivity contribution in [1.82, 2.24) is 0 Å². The molecule has 3 heteroatoms. The van der Waals surface area contributed by atoms with Crippen LogP contribution in [-0.4, -0.2) is 11.5 Å². The second-order valence-electron chi connectivity index (χ2n) is 3.64. The van der Waals surface area contributed by atoms with E-state index in [1.807, 2.05) is 18.2 Å². The number of benzene rings is 1. The van der Waals surface area contributed by atoms with Gasteiger partial charge in [0.1, 0.15) is 0 Å². The fourth-order valence-corrected chi connectivity index (χ4v) is 1.47. The molecule has 0 bridgehead atoms. The van der Waals surface area contributed by atoms with Gasteiger partial charge in [-0.3, -0.25) is 5.41 Å². The van der Waals surface area contributed by atoms with E-state index in [4.69, 9.17) is 16.6 Å². The first-order valence-electron chi connectivity index (χ1n) is 5.11. The lowest BCUT2D eigenvalue weighted by Gasteiger charge is -2.03. The Morgan fingerprint density at radius 3 is 2.40 bits per heavy atom. The van der Waals surface area contributed by atoms with Crippen LogP contribution >= 0.6 is 0 Å². The number of nitrogens with one attached hydrogen (secondary N) is 2. The largest absolute Gasteiger partial charge is 0.387 e. The Morgan fingerprint density at radius 1 is 1.13 bits per heavy atom. The highest BCUT2D eigenvalue weighted by atomic mass is 14.7. The van der Waals surface area contributed by atoms with E-state index >= 15 is 0 Å². The van der Waals surface area contributed by atoms with Crippen LogP contribution in [0.3, 0.4) is 0 Å². The topological polar surface area (TPSA) is 73.7 Å². The molecule has 15 heavy (non-hydrogen) atoms. The molecule has 1 rings (SSSR count). The lowest BCUT2D eigenvalue weighted by atomic mass is 10.0. The molecule has 0 fully saturated rings. The van der Waals surface area contributed by atoms with Crippen molar-refractivity contribution in [3.8, 4) is 0 Å². The van der Waals surface area contributed by atoms with Crippen molar-refractivity contribution in [3.63, 3.8) is 0 Å². The summed E-state index contributed by atoms with van der Waals surface area (Å²) in [6.45, 7) is 0. The third-order valence-corrected chi connectivity index (χ3v) is 2.19. The van der Waals surface area contributed by atoms with Gasteiger partial charge in [-0.1, -0.05) is 30.3 Å². The minimum absolute atomic E-state index is 0.0831. The van der Waals surface area contributed by atoms with Crippen molar-refractivity contribution in [3.05, 3.63) is 35.9 Å². The molecule has 0 spiro atoms. The Kier molecular flexibility index (Phi) is 4.54. The highest BCUT2D eigenvalue weighted by Gasteiger charge is 1.99. The van der Waals surface area contributed by atoms with Crippen molar-refractivity contribution in [2.24, 2.45) is 5.73 Å². The standard InChI is InChI=1S/C12H17N3/c13-11(9-12(14)15)8-4-7-10-5-2-1-3-6-10/h1-3,5-6,13H,4,7-9H2,(H3,14,15). The molecule has 0 aliphatic carbocycles. The van der Waals surface area contributed by atoms with Gasteiger partial charge in [0.15, 0.2) is 0 Å². The van der Waals surface area contributed by atoms with Crippen LogP contribution in [0.5, 0.6) is 0 Å². The molecule has 80 valence electrons. The Balaban J connectivity index is 2.22. The van der Waals surface area contributed by atoms with Gasteiger partial charge in [-0.25, -0.2) is 0 Å². The summed E-state index contributed by atoms with van der Waals surface area (Å²) in [6.07, 6.45) is 2.99. The summed E-state index contributed by atoms with van der Waals surface area (Å²) in [4.78, 5) is 0. The summed E-state index contributed by atoms with van der Waals surface area (Å²) < 4.78 is 0. The molecule has 0 saturated carbocycles. The zero-order valence-corrected chi connectivity index (χ0v) is 8.79. The molecule has 1 aromatic rings. The summed E-state index contributed by atoms with van der Waals surface area (Å²) in [5.74, 6) is 0.0831. The van der Waals surface area contributed by atoms with Crippen LogP contribution in [-0.2, 0) is 6.42 Å². The highest BCUT2D eigenvalue weighted by Crippen LogP contribution is 2.05. The summed E-state index contributed by atoms with van der Waals surface area (Å²) in [6, 6.07) is 10.2. The van der Waals surface area contributed by atoms with E-state index < -0.39 is 0 Å². The predicted molar refractivity (Wildman–Crippen MR) is 63.6 cm³/mol. The van der Waals surface area contributed by atoms with Gasteiger partial charge in [-0.05, 0) is 24.8 Å². The quantitative estimate of drug-likeness (QED) is 0.482. The molecule has 0 amide bonds. The fourth-order valence-electron chi connectivity index (χ4n) is 1.47. The van der Waals surface area contributed by atoms with E-state index in [0.717, 1.165) is 19.3 Å². The smallest absolute Gasteiger partial charge is 0.0962 e. The molecule has 0 saturated heterocycles. The van der Waals surface area contributed by atoms with E-state index in [-0.39, 0.29) is 5.84 Å². The Bertz CT molecular complexity index is 330. The minimum atomic E-state index is 0.0831. The number of aryl methyl sites for hydroxylation is 1. The van der Waals surface area contributed by atoms with Crippen LogP contribution in [0.25, 0.3) is 0 Å². The lowest BCUT2D eigenvalue weighted by Crippen LogP contribution is -2.14. The average Bonchev–Trinajstić information content (AvgIpc) is 2.18. The van der Waals surface area contributed by atoms with Crippen molar-refractivity contribution in [2.45, 2.75) is 25.7 Å². The van der Waals surface area contributed by atoms with Gasteiger partial charge < -0.3 is 11.1 Å². The molecule has 3 nitrogen and oxygen atoms in total. The van der Waals surface area contributed by atoms with Crippen molar-refractivity contribution >= 4 is 11.5 Å². The monoisotopic (exact) mass is 203 g/mol. The van der Waals surface area contributed by atoms with Gasteiger partial charge in [0.2, 0.25) is 0 Å². The molecule has 1 aromatic carbocycles. The van der Waals surface area contributed by atoms with Crippen molar-refractivity contribution in [1.29, 1.82) is 10.8 Å².